The van der Waals surface area contributed by atoms with Crippen LogP contribution in [0.5, 0.6) is 5.75 Å². The highest BCUT2D eigenvalue weighted by atomic mass is 32.2. The molecule has 0 bridgehead atoms. The molecule has 0 aliphatic rings. The van der Waals surface area contributed by atoms with Crippen molar-refractivity contribution in [2.24, 2.45) is 0 Å². The van der Waals surface area contributed by atoms with E-state index in [0.717, 1.165) is 16.2 Å². The van der Waals surface area contributed by atoms with Gasteiger partial charge in [0.25, 0.3) is 0 Å². The minimum Gasteiger partial charge on any atom is -0.496 e. The van der Waals surface area contributed by atoms with Gasteiger partial charge in [0.2, 0.25) is 0 Å². The van der Waals surface area contributed by atoms with Crippen molar-refractivity contribution in [2.75, 3.05) is 13.4 Å². The molecule has 100 valence electrons. The van der Waals surface area contributed by atoms with Crippen molar-refractivity contribution in [1.82, 2.24) is 4.98 Å². The van der Waals surface area contributed by atoms with Crippen LogP contribution in [-0.2, 0) is 0 Å². The summed E-state index contributed by atoms with van der Waals surface area (Å²) in [6.07, 6.45) is 5.49. The quantitative estimate of drug-likeness (QED) is 0.630. The van der Waals surface area contributed by atoms with Gasteiger partial charge in [0.15, 0.2) is 0 Å². The lowest BCUT2D eigenvalue weighted by atomic mass is 10.1. The Labute approximate surface area is 122 Å². The zero-order valence-corrected chi connectivity index (χ0v) is 12.1. The molecule has 1 heterocycles. The van der Waals surface area contributed by atoms with E-state index < -0.39 is 0 Å². The second kappa shape index (κ2) is 6.78. The Morgan fingerprint density at radius 3 is 2.80 bits per heavy atom. The fraction of sp³-hybridized carbons (Fsp3) is 0.125. The summed E-state index contributed by atoms with van der Waals surface area (Å²) in [5, 5.41) is 9.27. The molecule has 0 radical (unpaired) electrons. The average molecular weight is 282 g/mol. The highest BCUT2D eigenvalue weighted by Crippen LogP contribution is 2.29. The van der Waals surface area contributed by atoms with Crippen molar-refractivity contribution < 1.29 is 4.74 Å². The Bertz CT molecular complexity index is 660. The summed E-state index contributed by atoms with van der Waals surface area (Å²) in [7, 11) is 1.65. The summed E-state index contributed by atoms with van der Waals surface area (Å²) < 4.78 is 5.35. The summed E-state index contributed by atoms with van der Waals surface area (Å²) in [5.74, 6) is 0.810. The first kappa shape index (κ1) is 14.2. The molecule has 0 fully saturated rings. The predicted molar refractivity (Wildman–Crippen MR) is 82.5 cm³/mol. The van der Waals surface area contributed by atoms with Crippen LogP contribution < -0.4 is 4.74 Å². The first-order valence-electron chi connectivity index (χ1n) is 6.03. The number of ether oxygens (including phenoxy) is 1. The molecule has 0 saturated heterocycles. The zero-order chi connectivity index (χ0) is 14.4. The third kappa shape index (κ3) is 3.19. The number of nitrogens with zero attached hydrogens (tertiary/aromatic N) is 2. The Kier molecular flexibility index (Phi) is 4.80. The van der Waals surface area contributed by atoms with Crippen molar-refractivity contribution in [3.63, 3.8) is 0 Å². The van der Waals surface area contributed by atoms with Gasteiger partial charge in [0.05, 0.1) is 18.4 Å². The maximum Gasteiger partial charge on any atom is 0.132 e. The van der Waals surface area contributed by atoms with Gasteiger partial charge in [-0.05, 0) is 42.2 Å². The lowest BCUT2D eigenvalue weighted by Gasteiger charge is -2.07. The number of hydrogen-bond acceptors (Lipinski definition) is 4. The molecule has 1 aromatic heterocycles. The van der Waals surface area contributed by atoms with Crippen molar-refractivity contribution in [2.45, 2.75) is 4.90 Å². The van der Waals surface area contributed by atoms with Gasteiger partial charge in [0.1, 0.15) is 11.8 Å². The molecular formula is C16H14N2OS. The van der Waals surface area contributed by atoms with Crippen molar-refractivity contribution >= 4 is 23.4 Å². The summed E-state index contributed by atoms with van der Waals surface area (Å²) >= 11 is 1.63. The van der Waals surface area contributed by atoms with Crippen LogP contribution in [0.15, 0.2) is 47.5 Å². The van der Waals surface area contributed by atoms with Gasteiger partial charge in [-0.2, -0.15) is 5.26 Å². The summed E-state index contributed by atoms with van der Waals surface area (Å²) in [5.41, 5.74) is 2.12. The standard InChI is InChI=1S/C16H14N2OS/c1-19-15-10-12(6-7-16(15)20-2)9-13(11-17)14-5-3-4-8-18-14/h3-10H,1-2H3. The van der Waals surface area contributed by atoms with E-state index in [0.29, 0.717) is 11.3 Å². The van der Waals surface area contributed by atoms with Crippen LogP contribution in [-0.4, -0.2) is 18.3 Å². The van der Waals surface area contributed by atoms with Gasteiger partial charge in [-0.15, -0.1) is 11.8 Å². The Hall–Kier alpha value is -2.25. The van der Waals surface area contributed by atoms with Gasteiger partial charge in [0, 0.05) is 11.1 Å². The lowest BCUT2D eigenvalue weighted by Crippen LogP contribution is -1.89. The number of methoxy groups -OCH3 is 1. The molecule has 0 spiro atoms. The summed E-state index contributed by atoms with van der Waals surface area (Å²) in [6.45, 7) is 0. The van der Waals surface area contributed by atoms with Crippen LogP contribution >= 0.6 is 11.8 Å². The van der Waals surface area contributed by atoms with Gasteiger partial charge in [-0.25, -0.2) is 0 Å². The SMILES string of the molecule is COc1cc(C=C(C#N)c2ccccn2)ccc1SC. The van der Waals surface area contributed by atoms with Crippen molar-refractivity contribution in [3.05, 3.63) is 53.9 Å². The second-order valence-corrected chi connectivity index (χ2v) is 4.85. The third-order valence-corrected chi connectivity index (χ3v) is 3.56. The van der Waals surface area contributed by atoms with Gasteiger partial charge in [-0.3, -0.25) is 4.98 Å². The van der Waals surface area contributed by atoms with Crippen LogP contribution in [0, 0.1) is 11.3 Å². The molecule has 0 aliphatic carbocycles. The number of aromatic nitrogens is 1. The fourth-order valence-corrected chi connectivity index (χ4v) is 2.34. The van der Waals surface area contributed by atoms with E-state index in [2.05, 4.69) is 11.1 Å². The first-order chi connectivity index (χ1) is 9.78. The average Bonchev–Trinajstić information content (AvgIpc) is 2.53. The number of rotatable bonds is 4. The van der Waals surface area contributed by atoms with Crippen LogP contribution in [0.4, 0.5) is 0 Å². The lowest BCUT2D eigenvalue weighted by molar-refractivity contribution is 0.405. The number of nitriles is 1. The number of allylic oxidation sites excluding steroid dienone is 1. The molecule has 0 unspecified atom stereocenters. The first-order valence-corrected chi connectivity index (χ1v) is 7.26. The molecule has 2 aromatic rings. The summed E-state index contributed by atoms with van der Waals surface area (Å²) in [4.78, 5) is 5.27. The molecule has 0 amide bonds. The van der Waals surface area contributed by atoms with Gasteiger partial charge >= 0.3 is 0 Å². The Morgan fingerprint density at radius 1 is 1.35 bits per heavy atom. The van der Waals surface area contributed by atoms with Crippen LogP contribution in [0.1, 0.15) is 11.3 Å². The van der Waals surface area contributed by atoms with E-state index in [1.807, 2.05) is 48.7 Å². The Balaban J connectivity index is 2.41. The van der Waals surface area contributed by atoms with Crippen molar-refractivity contribution in [1.29, 1.82) is 5.26 Å². The number of hydrogen-bond donors (Lipinski definition) is 0. The summed E-state index contributed by atoms with van der Waals surface area (Å²) in [6, 6.07) is 13.6. The molecule has 3 nitrogen and oxygen atoms in total. The zero-order valence-electron chi connectivity index (χ0n) is 11.3. The third-order valence-electron chi connectivity index (χ3n) is 2.78. The van der Waals surface area contributed by atoms with Crippen molar-refractivity contribution in [3.8, 4) is 11.8 Å². The normalized spacial score (nSPS) is 10.9. The van der Waals surface area contributed by atoms with E-state index in [1.165, 1.54) is 0 Å². The molecule has 0 N–H and O–H groups in total. The molecular weight excluding hydrogens is 268 g/mol. The smallest absolute Gasteiger partial charge is 0.132 e. The number of thioether (sulfide) groups is 1. The molecule has 0 aliphatic heterocycles. The maximum atomic E-state index is 9.27. The molecule has 0 saturated carbocycles. The molecule has 0 atom stereocenters. The van der Waals surface area contributed by atoms with Crippen LogP contribution in [0.25, 0.3) is 11.6 Å². The number of benzene rings is 1. The van der Waals surface area contributed by atoms with Crippen LogP contribution in [0.3, 0.4) is 0 Å². The van der Waals surface area contributed by atoms with E-state index in [9.17, 15) is 5.26 Å². The monoisotopic (exact) mass is 282 g/mol. The molecule has 20 heavy (non-hydrogen) atoms. The van der Waals surface area contributed by atoms with E-state index >= 15 is 0 Å². The minimum absolute atomic E-state index is 0.532. The second-order valence-electron chi connectivity index (χ2n) is 4.00. The topological polar surface area (TPSA) is 45.9 Å². The van der Waals surface area contributed by atoms with Gasteiger partial charge < -0.3 is 4.74 Å². The van der Waals surface area contributed by atoms with Gasteiger partial charge in [-0.1, -0.05) is 12.1 Å². The maximum absolute atomic E-state index is 9.27. The fourth-order valence-electron chi connectivity index (χ4n) is 1.79. The van der Waals surface area contributed by atoms with E-state index in [-0.39, 0.29) is 0 Å². The molecule has 1 aromatic carbocycles. The highest BCUT2D eigenvalue weighted by Gasteiger charge is 2.05. The molecule has 2 rings (SSSR count). The van der Waals surface area contributed by atoms with Crippen LogP contribution in [0.2, 0.25) is 0 Å². The largest absolute Gasteiger partial charge is 0.496 e. The highest BCUT2D eigenvalue weighted by molar-refractivity contribution is 7.98. The van der Waals surface area contributed by atoms with E-state index in [1.54, 1.807) is 25.1 Å². The van der Waals surface area contributed by atoms with E-state index in [4.69, 9.17) is 4.74 Å². The minimum atomic E-state index is 0.532. The Morgan fingerprint density at radius 2 is 2.20 bits per heavy atom. The number of pyridine rings is 1. The predicted octanol–water partition coefficient (Wildman–Crippen LogP) is 3.88. The molecule has 4 heteroatoms.